The molecule has 1 atom stereocenters. The first-order valence-corrected chi connectivity index (χ1v) is 4.64. The van der Waals surface area contributed by atoms with E-state index in [4.69, 9.17) is 16.6 Å². The van der Waals surface area contributed by atoms with E-state index in [0.29, 0.717) is 0 Å². The highest BCUT2D eigenvalue weighted by atomic mass is 16.3. The Kier molecular flexibility index (Phi) is 4.70. The number of hydrogen-bond acceptors (Lipinski definition) is 4. The number of nitrogens with zero attached hydrogens (tertiary/aromatic N) is 1. The largest absolute Gasteiger partial charge is 0.394 e. The van der Waals surface area contributed by atoms with Crippen molar-refractivity contribution < 1.29 is 14.7 Å². The highest BCUT2D eigenvalue weighted by Crippen LogP contribution is 2.12. The molecule has 0 aliphatic rings. The number of rotatable bonds is 5. The zero-order chi connectivity index (χ0) is 12.2. The molecule has 0 rings (SSSR count). The van der Waals surface area contributed by atoms with Gasteiger partial charge in [0.05, 0.1) is 24.6 Å². The van der Waals surface area contributed by atoms with Crippen LogP contribution in [0.3, 0.4) is 0 Å². The molecular weight excluding hydrogens is 198 g/mol. The molecule has 0 aliphatic carbocycles. The molecule has 0 saturated heterocycles. The highest BCUT2D eigenvalue weighted by molar-refractivity contribution is 5.87. The van der Waals surface area contributed by atoms with Crippen LogP contribution in [0.5, 0.6) is 0 Å². The fourth-order valence-electron chi connectivity index (χ4n) is 0.957. The van der Waals surface area contributed by atoms with Crippen LogP contribution in [0.2, 0.25) is 0 Å². The van der Waals surface area contributed by atoms with E-state index < -0.39 is 23.4 Å². The maximum atomic E-state index is 11.7. The van der Waals surface area contributed by atoms with Gasteiger partial charge in [-0.15, -0.1) is 0 Å². The Bertz CT molecular complexity index is 253. The second kappa shape index (κ2) is 5.09. The van der Waals surface area contributed by atoms with Crippen LogP contribution >= 0.6 is 0 Å². The van der Waals surface area contributed by atoms with Gasteiger partial charge >= 0.3 is 0 Å². The van der Waals surface area contributed by atoms with Crippen LogP contribution in [0.1, 0.15) is 20.3 Å². The van der Waals surface area contributed by atoms with E-state index in [1.165, 1.54) is 11.9 Å². The summed E-state index contributed by atoms with van der Waals surface area (Å²) in [4.78, 5) is 23.6. The Morgan fingerprint density at radius 3 is 2.27 bits per heavy atom. The zero-order valence-electron chi connectivity index (χ0n) is 9.36. The van der Waals surface area contributed by atoms with E-state index in [1.807, 2.05) is 0 Å². The summed E-state index contributed by atoms with van der Waals surface area (Å²) >= 11 is 0. The van der Waals surface area contributed by atoms with Gasteiger partial charge in [0.2, 0.25) is 11.8 Å². The first-order valence-electron chi connectivity index (χ1n) is 4.64. The fraction of sp³-hybridized carbons (Fsp3) is 0.778. The summed E-state index contributed by atoms with van der Waals surface area (Å²) in [6.45, 7) is 3.21. The number of likely N-dealkylation sites (N-methyl/N-ethyl adjacent to an activating group) is 1. The lowest BCUT2D eigenvalue weighted by molar-refractivity contribution is -0.139. The molecule has 0 fully saturated rings. The molecule has 0 aromatic carbocycles. The van der Waals surface area contributed by atoms with Gasteiger partial charge in [-0.3, -0.25) is 9.59 Å². The molecular formula is C9H19N3O3. The molecule has 2 amide bonds. The third kappa shape index (κ3) is 3.85. The van der Waals surface area contributed by atoms with Crippen LogP contribution in [0.15, 0.2) is 0 Å². The van der Waals surface area contributed by atoms with Gasteiger partial charge in [0.1, 0.15) is 0 Å². The summed E-state index contributed by atoms with van der Waals surface area (Å²) in [5.41, 5.74) is 9.73. The van der Waals surface area contributed by atoms with Gasteiger partial charge in [0.25, 0.3) is 0 Å². The minimum absolute atomic E-state index is 0.182. The molecule has 6 heteroatoms. The van der Waals surface area contributed by atoms with Gasteiger partial charge in [-0.05, 0) is 13.8 Å². The minimum Gasteiger partial charge on any atom is -0.394 e. The molecule has 1 unspecified atom stereocenters. The maximum absolute atomic E-state index is 11.7. The molecule has 0 heterocycles. The number of carbonyl (C=O) groups is 2. The van der Waals surface area contributed by atoms with Crippen LogP contribution < -0.4 is 11.5 Å². The van der Waals surface area contributed by atoms with Gasteiger partial charge in [-0.25, -0.2) is 0 Å². The lowest BCUT2D eigenvalue weighted by atomic mass is 10.0. The van der Waals surface area contributed by atoms with Gasteiger partial charge in [-0.2, -0.15) is 0 Å². The molecule has 0 spiro atoms. The van der Waals surface area contributed by atoms with E-state index in [1.54, 1.807) is 13.8 Å². The Hall–Kier alpha value is -1.14. The molecule has 88 valence electrons. The van der Waals surface area contributed by atoms with E-state index in [9.17, 15) is 9.59 Å². The number of aliphatic hydroxyl groups is 1. The van der Waals surface area contributed by atoms with Crippen LogP contribution in [0.4, 0.5) is 0 Å². The number of aliphatic hydroxyl groups excluding tert-OH is 1. The van der Waals surface area contributed by atoms with Crippen molar-refractivity contribution in [1.82, 2.24) is 4.90 Å². The first-order chi connectivity index (χ1) is 6.72. The highest BCUT2D eigenvalue weighted by Gasteiger charge is 2.30. The summed E-state index contributed by atoms with van der Waals surface area (Å²) in [5.74, 6) is -1.03. The molecule has 0 aromatic heterocycles. The van der Waals surface area contributed by atoms with E-state index >= 15 is 0 Å². The van der Waals surface area contributed by atoms with Crippen molar-refractivity contribution in [1.29, 1.82) is 0 Å². The molecule has 6 nitrogen and oxygen atoms in total. The monoisotopic (exact) mass is 217 g/mol. The zero-order valence-corrected chi connectivity index (χ0v) is 9.36. The Labute approximate surface area is 89.2 Å². The van der Waals surface area contributed by atoms with Crippen LogP contribution in [-0.2, 0) is 9.59 Å². The Morgan fingerprint density at radius 2 is 1.93 bits per heavy atom. The number of primary amides is 1. The Morgan fingerprint density at radius 1 is 1.47 bits per heavy atom. The predicted octanol–water partition coefficient (Wildman–Crippen LogP) is -1.58. The average Bonchev–Trinajstić information content (AvgIpc) is 2.14. The normalized spacial score (nSPS) is 13.4. The molecule has 0 aliphatic heterocycles. The van der Waals surface area contributed by atoms with Gasteiger partial charge in [0.15, 0.2) is 0 Å². The van der Waals surface area contributed by atoms with Crippen molar-refractivity contribution >= 4 is 11.8 Å². The summed E-state index contributed by atoms with van der Waals surface area (Å²) in [6, 6.07) is -0.946. The van der Waals surface area contributed by atoms with Crippen molar-refractivity contribution in [2.45, 2.75) is 31.8 Å². The molecule has 5 N–H and O–H groups in total. The van der Waals surface area contributed by atoms with Crippen LogP contribution in [-0.4, -0.2) is 47.1 Å². The number of hydrogen-bond donors (Lipinski definition) is 3. The minimum atomic E-state index is -0.946. The molecule has 0 saturated carbocycles. The molecule has 0 radical (unpaired) electrons. The smallest absolute Gasteiger partial charge is 0.240 e. The quantitative estimate of drug-likeness (QED) is 0.516. The SMILES string of the molecule is CN(C(=O)C(N)CC(N)=O)C(C)(C)CO. The maximum Gasteiger partial charge on any atom is 0.240 e. The predicted molar refractivity (Wildman–Crippen MR) is 55.7 cm³/mol. The summed E-state index contributed by atoms with van der Waals surface area (Å²) in [5, 5.41) is 9.05. The van der Waals surface area contributed by atoms with Crippen molar-refractivity contribution in [2.75, 3.05) is 13.7 Å². The summed E-state index contributed by atoms with van der Waals surface area (Å²) in [6.07, 6.45) is -0.190. The summed E-state index contributed by atoms with van der Waals surface area (Å²) in [7, 11) is 1.53. The lowest BCUT2D eigenvalue weighted by Crippen LogP contribution is -2.54. The lowest BCUT2D eigenvalue weighted by Gasteiger charge is -2.35. The van der Waals surface area contributed by atoms with E-state index in [-0.39, 0.29) is 13.0 Å². The molecule has 15 heavy (non-hydrogen) atoms. The van der Waals surface area contributed by atoms with Crippen LogP contribution in [0.25, 0.3) is 0 Å². The fourth-order valence-corrected chi connectivity index (χ4v) is 0.957. The Balaban J connectivity index is 4.51. The van der Waals surface area contributed by atoms with Gasteiger partial charge in [0, 0.05) is 7.05 Å². The standard InChI is InChI=1S/C9H19N3O3/c1-9(2,5-13)12(3)8(15)6(10)4-7(11)14/h6,13H,4-5,10H2,1-3H3,(H2,11,14). The number of carbonyl (C=O) groups excluding carboxylic acids is 2. The second-order valence-electron chi connectivity index (χ2n) is 4.14. The second-order valence-corrected chi connectivity index (χ2v) is 4.14. The van der Waals surface area contributed by atoms with E-state index in [0.717, 1.165) is 0 Å². The number of nitrogens with two attached hydrogens (primary N) is 2. The van der Waals surface area contributed by atoms with Crippen LogP contribution in [0, 0.1) is 0 Å². The van der Waals surface area contributed by atoms with Crippen molar-refractivity contribution in [3.05, 3.63) is 0 Å². The third-order valence-electron chi connectivity index (χ3n) is 2.36. The number of amides is 2. The third-order valence-corrected chi connectivity index (χ3v) is 2.36. The van der Waals surface area contributed by atoms with Gasteiger partial charge in [-0.1, -0.05) is 0 Å². The van der Waals surface area contributed by atoms with Crippen molar-refractivity contribution in [3.63, 3.8) is 0 Å². The summed E-state index contributed by atoms with van der Waals surface area (Å²) < 4.78 is 0. The first kappa shape index (κ1) is 13.9. The average molecular weight is 217 g/mol. The van der Waals surface area contributed by atoms with E-state index in [2.05, 4.69) is 0 Å². The molecule has 0 bridgehead atoms. The van der Waals surface area contributed by atoms with Crippen molar-refractivity contribution in [2.24, 2.45) is 11.5 Å². The van der Waals surface area contributed by atoms with Crippen molar-refractivity contribution in [3.8, 4) is 0 Å². The topological polar surface area (TPSA) is 110 Å². The molecule has 0 aromatic rings. The van der Waals surface area contributed by atoms with Gasteiger partial charge < -0.3 is 21.5 Å².